The van der Waals surface area contributed by atoms with Crippen molar-refractivity contribution in [1.82, 2.24) is 5.32 Å². The van der Waals surface area contributed by atoms with E-state index in [4.69, 9.17) is 4.42 Å². The van der Waals surface area contributed by atoms with Crippen molar-refractivity contribution in [1.29, 1.82) is 0 Å². The van der Waals surface area contributed by atoms with E-state index in [2.05, 4.69) is 10.6 Å². The van der Waals surface area contributed by atoms with E-state index in [0.29, 0.717) is 17.9 Å². The van der Waals surface area contributed by atoms with Crippen molar-refractivity contribution >= 4 is 17.3 Å². The Morgan fingerprint density at radius 1 is 1.39 bits per heavy atom. The molecule has 0 fully saturated rings. The Morgan fingerprint density at radius 2 is 2.04 bits per heavy atom. The van der Waals surface area contributed by atoms with Crippen LogP contribution in [-0.4, -0.2) is 16.9 Å². The molecular formula is C14H13F2N3O4. The van der Waals surface area contributed by atoms with Gasteiger partial charge in [-0.3, -0.25) is 14.9 Å². The highest BCUT2D eigenvalue weighted by Gasteiger charge is 2.21. The molecule has 1 heterocycles. The number of benzene rings is 1. The number of nitrogens with zero attached hydrogens (tertiary/aromatic N) is 1. The standard InChI is InChI=1S/C14H13F2N3O4/c1-8(14(20)17-7-10-3-2-4-23-10)18-13-11(15)5-9(19(21)22)6-12(13)16/h2-6,8,18H,7H2,1H3,(H,17,20)/t8-/m1/s1. The SMILES string of the molecule is C[C@@H](Nc1c(F)cc([N+](=O)[O-])cc1F)C(=O)NCc1ccco1. The van der Waals surface area contributed by atoms with Crippen LogP contribution in [0.5, 0.6) is 0 Å². The van der Waals surface area contributed by atoms with Crippen LogP contribution < -0.4 is 10.6 Å². The van der Waals surface area contributed by atoms with Crippen molar-refractivity contribution in [3.63, 3.8) is 0 Å². The molecule has 0 bridgehead atoms. The molecule has 1 aromatic heterocycles. The van der Waals surface area contributed by atoms with Gasteiger partial charge in [0, 0.05) is 0 Å². The van der Waals surface area contributed by atoms with Crippen LogP contribution in [0.4, 0.5) is 20.2 Å². The molecule has 1 atom stereocenters. The number of non-ortho nitro benzene ring substituents is 1. The van der Waals surface area contributed by atoms with Gasteiger partial charge in [0.05, 0.1) is 29.9 Å². The lowest BCUT2D eigenvalue weighted by molar-refractivity contribution is -0.385. The average Bonchev–Trinajstić information content (AvgIpc) is 3.01. The van der Waals surface area contributed by atoms with Gasteiger partial charge in [-0.05, 0) is 19.1 Å². The molecule has 122 valence electrons. The van der Waals surface area contributed by atoms with Crippen LogP contribution in [0.15, 0.2) is 34.9 Å². The lowest BCUT2D eigenvalue weighted by Crippen LogP contribution is -2.37. The number of anilines is 1. The van der Waals surface area contributed by atoms with Gasteiger partial charge in [0.2, 0.25) is 5.91 Å². The zero-order chi connectivity index (χ0) is 17.0. The van der Waals surface area contributed by atoms with Crippen molar-refractivity contribution in [3.05, 3.63) is 58.0 Å². The van der Waals surface area contributed by atoms with E-state index in [1.54, 1.807) is 12.1 Å². The maximum Gasteiger partial charge on any atom is 0.275 e. The smallest absolute Gasteiger partial charge is 0.275 e. The maximum atomic E-state index is 13.8. The summed E-state index contributed by atoms with van der Waals surface area (Å²) >= 11 is 0. The van der Waals surface area contributed by atoms with Gasteiger partial charge in [-0.15, -0.1) is 0 Å². The number of rotatable bonds is 6. The molecule has 0 aliphatic heterocycles. The van der Waals surface area contributed by atoms with Crippen molar-refractivity contribution in [2.24, 2.45) is 0 Å². The molecule has 0 saturated heterocycles. The van der Waals surface area contributed by atoms with Gasteiger partial charge >= 0.3 is 0 Å². The summed E-state index contributed by atoms with van der Waals surface area (Å²) in [5.41, 5.74) is -1.31. The van der Waals surface area contributed by atoms with Crippen LogP contribution in [0.1, 0.15) is 12.7 Å². The number of nitro groups is 1. The van der Waals surface area contributed by atoms with Gasteiger partial charge < -0.3 is 15.1 Å². The number of nitrogens with one attached hydrogen (secondary N) is 2. The first kappa shape index (κ1) is 16.4. The van der Waals surface area contributed by atoms with Crippen LogP contribution in [0.2, 0.25) is 0 Å². The quantitative estimate of drug-likeness (QED) is 0.628. The van der Waals surface area contributed by atoms with Crippen LogP contribution in [0, 0.1) is 21.7 Å². The third-order valence-corrected chi connectivity index (χ3v) is 3.01. The van der Waals surface area contributed by atoms with E-state index < -0.39 is 39.9 Å². The number of carbonyl (C=O) groups excluding carboxylic acids is 1. The minimum atomic E-state index is -1.15. The predicted octanol–water partition coefficient (Wildman–Crippen LogP) is 2.58. The molecule has 2 N–H and O–H groups in total. The first-order chi connectivity index (χ1) is 10.9. The molecule has 7 nitrogen and oxygen atoms in total. The number of hydrogen-bond donors (Lipinski definition) is 2. The molecule has 23 heavy (non-hydrogen) atoms. The normalized spacial score (nSPS) is 11.8. The monoisotopic (exact) mass is 325 g/mol. The van der Waals surface area contributed by atoms with Gasteiger partial charge in [-0.25, -0.2) is 8.78 Å². The van der Waals surface area contributed by atoms with Crippen molar-refractivity contribution < 1.29 is 22.9 Å². The molecule has 0 spiro atoms. The molecule has 2 rings (SSSR count). The van der Waals surface area contributed by atoms with E-state index in [1.165, 1.54) is 13.2 Å². The van der Waals surface area contributed by atoms with Gasteiger partial charge in [-0.2, -0.15) is 0 Å². The summed E-state index contributed by atoms with van der Waals surface area (Å²) in [7, 11) is 0. The van der Waals surface area contributed by atoms with Gasteiger partial charge in [0.1, 0.15) is 17.5 Å². The van der Waals surface area contributed by atoms with Gasteiger partial charge in [0.15, 0.2) is 11.6 Å². The zero-order valence-corrected chi connectivity index (χ0v) is 12.0. The topological polar surface area (TPSA) is 97.4 Å². The fourth-order valence-corrected chi connectivity index (χ4v) is 1.83. The number of nitro benzene ring substituents is 1. The maximum absolute atomic E-state index is 13.8. The largest absolute Gasteiger partial charge is 0.467 e. The summed E-state index contributed by atoms with van der Waals surface area (Å²) < 4.78 is 32.5. The molecule has 2 aromatic rings. The van der Waals surface area contributed by atoms with Crippen molar-refractivity contribution in [3.8, 4) is 0 Å². The molecule has 0 saturated carbocycles. The Morgan fingerprint density at radius 3 is 2.57 bits per heavy atom. The second-order valence-electron chi connectivity index (χ2n) is 4.70. The average molecular weight is 325 g/mol. The van der Waals surface area contributed by atoms with Crippen LogP contribution in [0.3, 0.4) is 0 Å². The number of amides is 1. The second-order valence-corrected chi connectivity index (χ2v) is 4.70. The second kappa shape index (κ2) is 6.86. The zero-order valence-electron chi connectivity index (χ0n) is 12.0. The number of halogens is 2. The molecule has 1 amide bonds. The van der Waals surface area contributed by atoms with Crippen LogP contribution in [0.25, 0.3) is 0 Å². The van der Waals surface area contributed by atoms with Gasteiger partial charge in [-0.1, -0.05) is 0 Å². The Hall–Kier alpha value is -2.97. The van der Waals surface area contributed by atoms with Gasteiger partial charge in [0.25, 0.3) is 5.69 Å². The molecule has 0 aliphatic rings. The van der Waals surface area contributed by atoms with Crippen LogP contribution >= 0.6 is 0 Å². The first-order valence-corrected chi connectivity index (χ1v) is 6.58. The molecule has 0 unspecified atom stereocenters. The highest BCUT2D eigenvalue weighted by atomic mass is 19.1. The summed E-state index contributed by atoms with van der Waals surface area (Å²) in [4.78, 5) is 21.5. The summed E-state index contributed by atoms with van der Waals surface area (Å²) in [5.74, 6) is -2.29. The Kier molecular flexibility index (Phi) is 4.89. The Balaban J connectivity index is 2.03. The number of carbonyl (C=O) groups is 1. The predicted molar refractivity (Wildman–Crippen MR) is 76.7 cm³/mol. The van der Waals surface area contributed by atoms with E-state index in [9.17, 15) is 23.7 Å². The first-order valence-electron chi connectivity index (χ1n) is 6.58. The lowest BCUT2D eigenvalue weighted by Gasteiger charge is -2.15. The lowest BCUT2D eigenvalue weighted by atomic mass is 10.2. The van der Waals surface area contributed by atoms with Crippen molar-refractivity contribution in [2.75, 3.05) is 5.32 Å². The molecule has 0 radical (unpaired) electrons. The van der Waals surface area contributed by atoms with E-state index in [-0.39, 0.29) is 6.54 Å². The third kappa shape index (κ3) is 4.02. The molecular weight excluding hydrogens is 312 g/mol. The van der Waals surface area contributed by atoms with E-state index in [1.807, 2.05) is 0 Å². The fraction of sp³-hybridized carbons (Fsp3) is 0.214. The highest BCUT2D eigenvalue weighted by Crippen LogP contribution is 2.25. The summed E-state index contributed by atoms with van der Waals surface area (Å²) in [5, 5.41) is 15.4. The van der Waals surface area contributed by atoms with Crippen LogP contribution in [-0.2, 0) is 11.3 Å². The van der Waals surface area contributed by atoms with E-state index in [0.717, 1.165) is 0 Å². The minimum absolute atomic E-state index is 0.128. The molecule has 9 heteroatoms. The summed E-state index contributed by atoms with van der Waals surface area (Å²) in [6.07, 6.45) is 1.45. The Bertz CT molecular complexity index is 696. The number of furan rings is 1. The third-order valence-electron chi connectivity index (χ3n) is 3.01. The highest BCUT2D eigenvalue weighted by molar-refractivity contribution is 5.84. The Labute approximate surface area is 129 Å². The van der Waals surface area contributed by atoms with Crippen molar-refractivity contribution in [2.45, 2.75) is 19.5 Å². The van der Waals surface area contributed by atoms with E-state index >= 15 is 0 Å². The number of hydrogen-bond acceptors (Lipinski definition) is 5. The molecule has 1 aromatic carbocycles. The molecule has 0 aliphatic carbocycles. The fourth-order valence-electron chi connectivity index (χ4n) is 1.83. The minimum Gasteiger partial charge on any atom is -0.467 e. The summed E-state index contributed by atoms with van der Waals surface area (Å²) in [6.45, 7) is 1.53. The summed E-state index contributed by atoms with van der Waals surface area (Å²) in [6, 6.07) is 3.52.